The molecule has 0 amide bonds. The molecular weight excluding hydrogens is 231 g/mol. The Morgan fingerprint density at radius 2 is 1.75 bits per heavy atom. The second-order valence-electron chi connectivity index (χ2n) is 4.17. The van der Waals surface area contributed by atoms with Gasteiger partial charge >= 0.3 is 12.1 Å². The minimum Gasteiger partial charge on any atom is -0.313 e. The van der Waals surface area contributed by atoms with Crippen molar-refractivity contribution >= 4 is 0 Å². The average Bonchev–Trinajstić information content (AvgIpc) is 2.84. The molecule has 1 aliphatic rings. The van der Waals surface area contributed by atoms with E-state index in [9.17, 15) is 22.0 Å². The fourth-order valence-corrected chi connectivity index (χ4v) is 1.25. The predicted molar refractivity (Wildman–Crippen MR) is 49.5 cm³/mol. The quantitative estimate of drug-likeness (QED) is 0.720. The summed E-state index contributed by atoms with van der Waals surface area (Å²) in [4.78, 5) is 0.989. The summed E-state index contributed by atoms with van der Waals surface area (Å²) in [5.41, 5.74) is 0. The van der Waals surface area contributed by atoms with E-state index in [2.05, 4.69) is 5.32 Å². The van der Waals surface area contributed by atoms with E-state index in [0.717, 1.165) is 17.7 Å². The summed E-state index contributed by atoms with van der Waals surface area (Å²) in [5.74, 6) is -4.64. The van der Waals surface area contributed by atoms with Crippen LogP contribution in [0.4, 0.5) is 22.0 Å². The van der Waals surface area contributed by atoms with Crippen molar-refractivity contribution in [1.82, 2.24) is 10.2 Å². The topological polar surface area (TPSA) is 15.3 Å². The van der Waals surface area contributed by atoms with Gasteiger partial charge in [0, 0.05) is 19.1 Å². The summed E-state index contributed by atoms with van der Waals surface area (Å²) >= 11 is 0. The molecule has 0 aromatic heterocycles. The number of halogens is 5. The van der Waals surface area contributed by atoms with E-state index in [1.54, 1.807) is 0 Å². The van der Waals surface area contributed by atoms with Crippen molar-refractivity contribution in [3.8, 4) is 0 Å². The first-order valence-corrected chi connectivity index (χ1v) is 5.09. The fourth-order valence-electron chi connectivity index (χ4n) is 1.25. The lowest BCUT2D eigenvalue weighted by molar-refractivity contribution is -0.285. The van der Waals surface area contributed by atoms with Gasteiger partial charge in [-0.05, 0) is 19.9 Å². The van der Waals surface area contributed by atoms with Gasteiger partial charge in [0.2, 0.25) is 0 Å². The molecule has 7 heteroatoms. The van der Waals surface area contributed by atoms with Gasteiger partial charge < -0.3 is 5.32 Å². The molecule has 2 nitrogen and oxygen atoms in total. The Labute approximate surface area is 90.8 Å². The molecule has 0 heterocycles. The van der Waals surface area contributed by atoms with Crippen molar-refractivity contribution in [1.29, 1.82) is 0 Å². The Morgan fingerprint density at radius 1 is 1.19 bits per heavy atom. The smallest absolute Gasteiger partial charge is 0.313 e. The third-order valence-corrected chi connectivity index (χ3v) is 2.39. The van der Waals surface area contributed by atoms with E-state index < -0.39 is 18.6 Å². The minimum atomic E-state index is -5.47. The van der Waals surface area contributed by atoms with Gasteiger partial charge in [-0.2, -0.15) is 22.0 Å². The maximum atomic E-state index is 12.6. The third kappa shape index (κ3) is 4.21. The van der Waals surface area contributed by atoms with Crippen LogP contribution < -0.4 is 5.32 Å². The molecule has 0 saturated heterocycles. The molecule has 1 saturated carbocycles. The second kappa shape index (κ2) is 4.83. The van der Waals surface area contributed by atoms with E-state index in [1.165, 1.54) is 7.05 Å². The Kier molecular flexibility index (Phi) is 4.12. The van der Waals surface area contributed by atoms with Crippen LogP contribution in [0.3, 0.4) is 0 Å². The standard InChI is InChI=1S/C9H15F5N2/c1-16(5-4-15-7-2-3-7)6-8(10,11)9(12,13)14/h7,15H,2-6H2,1H3. The molecule has 0 aromatic rings. The number of rotatable bonds is 6. The van der Waals surface area contributed by atoms with Gasteiger partial charge in [-0.3, -0.25) is 4.90 Å². The fraction of sp³-hybridized carbons (Fsp3) is 1.00. The number of hydrogen-bond acceptors (Lipinski definition) is 2. The zero-order valence-corrected chi connectivity index (χ0v) is 8.95. The molecule has 0 radical (unpaired) electrons. The van der Waals surface area contributed by atoms with Crippen LogP contribution in [0.25, 0.3) is 0 Å². The largest absolute Gasteiger partial charge is 0.454 e. The van der Waals surface area contributed by atoms with Crippen LogP contribution in [0.5, 0.6) is 0 Å². The highest BCUT2D eigenvalue weighted by Crippen LogP contribution is 2.35. The molecule has 0 unspecified atom stereocenters. The van der Waals surface area contributed by atoms with Crippen LogP contribution in [-0.2, 0) is 0 Å². The normalized spacial score (nSPS) is 18.2. The first-order valence-electron chi connectivity index (χ1n) is 5.09. The lowest BCUT2D eigenvalue weighted by Crippen LogP contribution is -2.47. The van der Waals surface area contributed by atoms with Gasteiger partial charge in [-0.1, -0.05) is 0 Å². The lowest BCUT2D eigenvalue weighted by atomic mass is 10.3. The van der Waals surface area contributed by atoms with Crippen LogP contribution in [0, 0.1) is 0 Å². The molecule has 0 aromatic carbocycles. The van der Waals surface area contributed by atoms with Crippen molar-refractivity contribution in [2.24, 2.45) is 0 Å². The summed E-state index contributed by atoms with van der Waals surface area (Å²) in [6.45, 7) is -0.667. The Hall–Kier alpha value is -0.430. The van der Waals surface area contributed by atoms with Gasteiger partial charge in [-0.15, -0.1) is 0 Å². The summed E-state index contributed by atoms with van der Waals surface area (Å²) < 4.78 is 60.8. The summed E-state index contributed by atoms with van der Waals surface area (Å²) in [6, 6.07) is 0.427. The Balaban J connectivity index is 2.23. The van der Waals surface area contributed by atoms with E-state index in [1.807, 2.05) is 0 Å². The van der Waals surface area contributed by atoms with Crippen LogP contribution in [-0.4, -0.2) is 49.7 Å². The third-order valence-electron chi connectivity index (χ3n) is 2.39. The average molecular weight is 246 g/mol. The minimum absolute atomic E-state index is 0.183. The van der Waals surface area contributed by atoms with Crippen molar-refractivity contribution in [3.05, 3.63) is 0 Å². The molecule has 1 N–H and O–H groups in total. The Bertz CT molecular complexity index is 224. The first-order chi connectivity index (χ1) is 7.22. The van der Waals surface area contributed by atoms with Crippen molar-refractivity contribution in [2.75, 3.05) is 26.7 Å². The number of nitrogens with one attached hydrogen (secondary N) is 1. The molecule has 1 aliphatic carbocycles. The molecule has 0 bridgehead atoms. The summed E-state index contributed by atoms with van der Waals surface area (Å²) in [7, 11) is 1.26. The zero-order chi connectivity index (χ0) is 12.4. The van der Waals surface area contributed by atoms with E-state index in [4.69, 9.17) is 0 Å². The summed E-state index contributed by atoms with van der Waals surface area (Å²) in [6.07, 6.45) is -3.35. The summed E-state index contributed by atoms with van der Waals surface area (Å²) in [5, 5.41) is 3.04. The van der Waals surface area contributed by atoms with Gasteiger partial charge in [0.1, 0.15) is 0 Å². The van der Waals surface area contributed by atoms with Crippen molar-refractivity contribution in [3.63, 3.8) is 0 Å². The van der Waals surface area contributed by atoms with Gasteiger partial charge in [0.25, 0.3) is 0 Å². The van der Waals surface area contributed by atoms with E-state index >= 15 is 0 Å². The monoisotopic (exact) mass is 246 g/mol. The molecule has 1 rings (SSSR count). The van der Waals surface area contributed by atoms with Crippen LogP contribution >= 0.6 is 0 Å². The second-order valence-corrected chi connectivity index (χ2v) is 4.17. The SMILES string of the molecule is CN(CCNC1CC1)CC(F)(F)C(F)(F)F. The van der Waals surface area contributed by atoms with Crippen LogP contribution in [0.2, 0.25) is 0 Å². The lowest BCUT2D eigenvalue weighted by Gasteiger charge is -2.25. The highest BCUT2D eigenvalue weighted by Gasteiger charge is 2.57. The Morgan fingerprint density at radius 3 is 2.19 bits per heavy atom. The zero-order valence-electron chi connectivity index (χ0n) is 8.95. The first kappa shape index (κ1) is 13.6. The van der Waals surface area contributed by atoms with Crippen LogP contribution in [0.1, 0.15) is 12.8 Å². The predicted octanol–water partition coefficient (Wildman–Crippen LogP) is 1.87. The molecule has 16 heavy (non-hydrogen) atoms. The molecule has 0 spiro atoms. The van der Waals surface area contributed by atoms with E-state index in [0.29, 0.717) is 12.6 Å². The van der Waals surface area contributed by atoms with Gasteiger partial charge in [-0.25, -0.2) is 0 Å². The molecule has 0 aliphatic heterocycles. The highest BCUT2D eigenvalue weighted by molar-refractivity contribution is 4.82. The molecule has 0 atom stereocenters. The van der Waals surface area contributed by atoms with Crippen LogP contribution in [0.15, 0.2) is 0 Å². The molecule has 1 fully saturated rings. The van der Waals surface area contributed by atoms with Gasteiger partial charge in [0.15, 0.2) is 0 Å². The maximum absolute atomic E-state index is 12.6. The molecular formula is C9H15F5N2. The highest BCUT2D eigenvalue weighted by atomic mass is 19.4. The number of likely N-dealkylation sites (N-methyl/N-ethyl adjacent to an activating group) is 1. The maximum Gasteiger partial charge on any atom is 0.454 e. The molecule has 96 valence electrons. The number of alkyl halides is 5. The van der Waals surface area contributed by atoms with Crippen molar-refractivity contribution < 1.29 is 22.0 Å². The number of nitrogens with zero attached hydrogens (tertiary/aromatic N) is 1. The van der Waals surface area contributed by atoms with Crippen molar-refractivity contribution in [2.45, 2.75) is 31.0 Å². The van der Waals surface area contributed by atoms with E-state index in [-0.39, 0.29) is 6.54 Å². The number of hydrogen-bond donors (Lipinski definition) is 1. The van der Waals surface area contributed by atoms with Gasteiger partial charge in [0.05, 0.1) is 6.54 Å².